The predicted molar refractivity (Wildman–Crippen MR) is 65.3 cm³/mol. The first-order valence-electron chi connectivity index (χ1n) is 5.40. The molecule has 0 aromatic heterocycles. The van der Waals surface area contributed by atoms with E-state index in [4.69, 9.17) is 0 Å². The minimum atomic E-state index is 0.391. The highest BCUT2D eigenvalue weighted by Crippen LogP contribution is 2.22. The van der Waals surface area contributed by atoms with E-state index in [0.29, 0.717) is 12.0 Å². The summed E-state index contributed by atoms with van der Waals surface area (Å²) in [5.41, 5.74) is 2.61. The van der Waals surface area contributed by atoms with Gasteiger partial charge < -0.3 is 5.32 Å². The van der Waals surface area contributed by atoms with Gasteiger partial charge in [0.2, 0.25) is 0 Å². The van der Waals surface area contributed by atoms with Crippen molar-refractivity contribution >= 4 is 0 Å². The largest absolute Gasteiger partial charge is 0.381 e. The average Bonchev–Trinajstić information content (AvgIpc) is 2.30. The smallest absolute Gasteiger partial charge is 0.0544 e. The Morgan fingerprint density at radius 2 is 1.67 bits per heavy atom. The molecule has 0 bridgehead atoms. The maximum atomic E-state index is 3.52. The molecule has 2 aliphatic rings. The molecule has 0 aromatic carbocycles. The second-order valence-corrected chi connectivity index (χ2v) is 4.11. The van der Waals surface area contributed by atoms with Gasteiger partial charge in [-0.2, -0.15) is 0 Å². The van der Waals surface area contributed by atoms with Crippen LogP contribution < -0.4 is 5.32 Å². The molecule has 1 nitrogen and oxygen atoms in total. The Bertz CT molecular complexity index is 380. The van der Waals surface area contributed by atoms with Gasteiger partial charge in [-0.05, 0) is 19.9 Å². The Hall–Kier alpha value is -1.50. The van der Waals surface area contributed by atoms with Crippen LogP contribution in [0.4, 0.5) is 0 Å². The lowest BCUT2D eigenvalue weighted by Gasteiger charge is -2.26. The van der Waals surface area contributed by atoms with Gasteiger partial charge >= 0.3 is 0 Å². The standard InChI is InChI=1S/C14H17N/c1-11-7-3-4-8-12(2)15-14-10-6-5-9-13(11)14/h3-10,13-15H,1-2H3/b4-3-,11-7+,12-8+. The van der Waals surface area contributed by atoms with Crippen molar-refractivity contribution in [3.63, 3.8) is 0 Å². The van der Waals surface area contributed by atoms with Crippen LogP contribution in [-0.2, 0) is 0 Å². The van der Waals surface area contributed by atoms with Gasteiger partial charge in [-0.15, -0.1) is 0 Å². The zero-order chi connectivity index (χ0) is 10.7. The summed E-state index contributed by atoms with van der Waals surface area (Å²) in [6.07, 6.45) is 17.2. The summed E-state index contributed by atoms with van der Waals surface area (Å²) in [5, 5.41) is 3.52. The third-order valence-electron chi connectivity index (χ3n) is 2.87. The van der Waals surface area contributed by atoms with Gasteiger partial charge in [0, 0.05) is 11.6 Å². The first-order valence-corrected chi connectivity index (χ1v) is 5.40. The molecule has 1 aliphatic heterocycles. The maximum absolute atomic E-state index is 3.52. The van der Waals surface area contributed by atoms with Crippen LogP contribution in [0.5, 0.6) is 0 Å². The molecule has 2 atom stereocenters. The summed E-state index contributed by atoms with van der Waals surface area (Å²) in [5.74, 6) is 0.473. The van der Waals surface area contributed by atoms with Crippen LogP contribution in [0.3, 0.4) is 0 Å². The van der Waals surface area contributed by atoms with Crippen LogP contribution in [0.1, 0.15) is 13.8 Å². The van der Waals surface area contributed by atoms with Gasteiger partial charge in [0.05, 0.1) is 6.04 Å². The maximum Gasteiger partial charge on any atom is 0.0544 e. The molecule has 2 rings (SSSR count). The molecule has 0 saturated heterocycles. The Morgan fingerprint density at radius 1 is 0.933 bits per heavy atom. The lowest BCUT2D eigenvalue weighted by molar-refractivity contribution is 0.561. The number of hydrogen-bond acceptors (Lipinski definition) is 1. The third-order valence-corrected chi connectivity index (χ3v) is 2.87. The monoisotopic (exact) mass is 199 g/mol. The SMILES string of the molecule is C\C1=C/C=C\C=C(/C)C2C=CC=CC2N1. The van der Waals surface area contributed by atoms with E-state index >= 15 is 0 Å². The Labute approximate surface area is 91.6 Å². The fourth-order valence-electron chi connectivity index (χ4n) is 2.01. The summed E-state index contributed by atoms with van der Waals surface area (Å²) >= 11 is 0. The highest BCUT2D eigenvalue weighted by molar-refractivity contribution is 5.31. The first-order chi connectivity index (χ1) is 7.27. The molecule has 1 N–H and O–H groups in total. The van der Waals surface area contributed by atoms with Gasteiger partial charge in [-0.1, -0.05) is 48.1 Å². The van der Waals surface area contributed by atoms with Crippen LogP contribution in [-0.4, -0.2) is 6.04 Å². The van der Waals surface area contributed by atoms with Gasteiger partial charge in [0.25, 0.3) is 0 Å². The normalized spacial score (nSPS) is 38.3. The number of hydrogen-bond donors (Lipinski definition) is 1. The van der Waals surface area contributed by atoms with Crippen molar-refractivity contribution < 1.29 is 0 Å². The van der Waals surface area contributed by atoms with Crippen LogP contribution in [0, 0.1) is 5.92 Å². The highest BCUT2D eigenvalue weighted by Gasteiger charge is 2.19. The summed E-state index contributed by atoms with van der Waals surface area (Å²) < 4.78 is 0. The van der Waals surface area contributed by atoms with Crippen molar-refractivity contribution in [3.05, 3.63) is 59.9 Å². The van der Waals surface area contributed by atoms with E-state index in [1.807, 2.05) is 0 Å². The van der Waals surface area contributed by atoms with E-state index in [1.54, 1.807) is 0 Å². The van der Waals surface area contributed by atoms with Crippen molar-refractivity contribution in [3.8, 4) is 0 Å². The quantitative estimate of drug-likeness (QED) is 0.632. The van der Waals surface area contributed by atoms with Gasteiger partial charge in [0.15, 0.2) is 0 Å². The van der Waals surface area contributed by atoms with Crippen molar-refractivity contribution in [1.82, 2.24) is 5.32 Å². The van der Waals surface area contributed by atoms with Crippen molar-refractivity contribution in [2.75, 3.05) is 0 Å². The van der Waals surface area contributed by atoms with Crippen LogP contribution >= 0.6 is 0 Å². The lowest BCUT2D eigenvalue weighted by Crippen LogP contribution is -2.33. The molecular weight excluding hydrogens is 182 g/mol. The zero-order valence-electron chi connectivity index (χ0n) is 9.27. The molecule has 0 amide bonds. The van der Waals surface area contributed by atoms with Crippen molar-refractivity contribution in [1.29, 1.82) is 0 Å². The number of allylic oxidation sites excluding steroid dienone is 7. The van der Waals surface area contributed by atoms with Gasteiger partial charge in [0.1, 0.15) is 0 Å². The van der Waals surface area contributed by atoms with Crippen LogP contribution in [0.15, 0.2) is 59.9 Å². The third kappa shape index (κ3) is 2.30. The molecule has 0 fully saturated rings. The number of fused-ring (bicyclic) bond motifs is 1. The van der Waals surface area contributed by atoms with E-state index in [2.05, 4.69) is 67.8 Å². The van der Waals surface area contributed by atoms with E-state index < -0.39 is 0 Å². The summed E-state index contributed by atoms with van der Waals surface area (Å²) in [4.78, 5) is 0. The Kier molecular flexibility index (Phi) is 2.91. The van der Waals surface area contributed by atoms with E-state index in [9.17, 15) is 0 Å². The minimum absolute atomic E-state index is 0.391. The highest BCUT2D eigenvalue weighted by atomic mass is 14.9. The van der Waals surface area contributed by atoms with Gasteiger partial charge in [-0.3, -0.25) is 0 Å². The minimum Gasteiger partial charge on any atom is -0.381 e. The molecular formula is C14H17N. The van der Waals surface area contributed by atoms with Crippen LogP contribution in [0.2, 0.25) is 0 Å². The Balaban J connectivity index is 2.33. The fraction of sp³-hybridized carbons (Fsp3) is 0.286. The van der Waals surface area contributed by atoms with Gasteiger partial charge in [-0.25, -0.2) is 0 Å². The fourth-order valence-corrected chi connectivity index (χ4v) is 2.01. The van der Waals surface area contributed by atoms with Crippen molar-refractivity contribution in [2.24, 2.45) is 5.92 Å². The van der Waals surface area contributed by atoms with E-state index in [-0.39, 0.29) is 0 Å². The van der Waals surface area contributed by atoms with Crippen LogP contribution in [0.25, 0.3) is 0 Å². The average molecular weight is 199 g/mol. The topological polar surface area (TPSA) is 12.0 Å². The molecule has 2 unspecified atom stereocenters. The second kappa shape index (κ2) is 4.35. The molecule has 1 aliphatic carbocycles. The molecule has 1 heterocycles. The lowest BCUT2D eigenvalue weighted by atomic mass is 9.88. The molecule has 0 saturated carbocycles. The zero-order valence-corrected chi connectivity index (χ0v) is 9.27. The summed E-state index contributed by atoms with van der Waals surface area (Å²) in [6, 6.07) is 0.391. The number of rotatable bonds is 0. The van der Waals surface area contributed by atoms with Crippen molar-refractivity contribution in [2.45, 2.75) is 19.9 Å². The van der Waals surface area contributed by atoms with E-state index in [0.717, 1.165) is 0 Å². The molecule has 0 aromatic rings. The molecule has 0 radical (unpaired) electrons. The molecule has 1 heteroatoms. The molecule has 78 valence electrons. The first kappa shape index (κ1) is 10.0. The summed E-state index contributed by atoms with van der Waals surface area (Å²) in [7, 11) is 0. The molecule has 0 spiro atoms. The molecule has 15 heavy (non-hydrogen) atoms. The summed E-state index contributed by atoms with van der Waals surface area (Å²) in [6.45, 7) is 4.29. The number of nitrogens with one attached hydrogen (secondary N) is 1. The van der Waals surface area contributed by atoms with E-state index in [1.165, 1.54) is 11.3 Å². The Morgan fingerprint density at radius 3 is 2.53 bits per heavy atom. The predicted octanol–water partition coefficient (Wildman–Crippen LogP) is 3.11. The second-order valence-electron chi connectivity index (χ2n) is 4.11.